The molecule has 2 rings (SSSR count). The van der Waals surface area contributed by atoms with Crippen LogP contribution in [0.4, 0.5) is 10.1 Å². The van der Waals surface area contributed by atoms with Crippen LogP contribution in [0.15, 0.2) is 18.2 Å². The summed E-state index contributed by atoms with van der Waals surface area (Å²) in [5, 5.41) is 15.2. The van der Waals surface area contributed by atoms with E-state index in [-0.39, 0.29) is 5.82 Å². The fourth-order valence-corrected chi connectivity index (χ4v) is 2.18. The standard InChI is InChI=1S/C13H16FN3/c1-9-6-11(4-5-16-9)17-13-3-2-10(8-15)7-12(13)14/h2-3,7,9,11,16-17H,4-6H2,1H3. The van der Waals surface area contributed by atoms with E-state index in [0.717, 1.165) is 19.4 Å². The van der Waals surface area contributed by atoms with Crippen LogP contribution < -0.4 is 10.6 Å². The van der Waals surface area contributed by atoms with E-state index in [9.17, 15) is 4.39 Å². The minimum absolute atomic E-state index is 0.300. The molecule has 90 valence electrons. The van der Waals surface area contributed by atoms with Crippen molar-refractivity contribution in [1.82, 2.24) is 5.32 Å². The molecular weight excluding hydrogens is 217 g/mol. The summed E-state index contributed by atoms with van der Waals surface area (Å²) in [6, 6.07) is 7.23. The van der Waals surface area contributed by atoms with Gasteiger partial charge in [0.2, 0.25) is 0 Å². The molecule has 0 spiro atoms. The van der Waals surface area contributed by atoms with Crippen LogP contribution in [0.3, 0.4) is 0 Å². The van der Waals surface area contributed by atoms with Crippen LogP contribution >= 0.6 is 0 Å². The third-order valence-corrected chi connectivity index (χ3v) is 3.08. The normalized spacial score (nSPS) is 24.1. The molecule has 1 aromatic rings. The Morgan fingerprint density at radius 2 is 2.35 bits per heavy atom. The van der Waals surface area contributed by atoms with E-state index in [1.165, 1.54) is 6.07 Å². The Morgan fingerprint density at radius 3 is 3.00 bits per heavy atom. The number of nitriles is 1. The average molecular weight is 233 g/mol. The second kappa shape index (κ2) is 5.15. The monoisotopic (exact) mass is 233 g/mol. The molecule has 4 heteroatoms. The first kappa shape index (κ1) is 11.9. The molecule has 0 aromatic heterocycles. The van der Waals surface area contributed by atoms with Gasteiger partial charge in [-0.15, -0.1) is 0 Å². The van der Waals surface area contributed by atoms with Gasteiger partial charge in [0.1, 0.15) is 5.82 Å². The summed E-state index contributed by atoms with van der Waals surface area (Å²) in [6.45, 7) is 3.08. The summed E-state index contributed by atoms with van der Waals surface area (Å²) in [5.74, 6) is -0.352. The van der Waals surface area contributed by atoms with Gasteiger partial charge in [-0.25, -0.2) is 4.39 Å². The first-order valence-corrected chi connectivity index (χ1v) is 5.88. The van der Waals surface area contributed by atoms with E-state index in [4.69, 9.17) is 5.26 Å². The smallest absolute Gasteiger partial charge is 0.147 e. The van der Waals surface area contributed by atoms with Crippen LogP contribution in [0, 0.1) is 17.1 Å². The van der Waals surface area contributed by atoms with Crippen molar-refractivity contribution in [3.8, 4) is 6.07 Å². The summed E-state index contributed by atoms with van der Waals surface area (Å²) in [7, 11) is 0. The van der Waals surface area contributed by atoms with Crippen molar-refractivity contribution in [1.29, 1.82) is 5.26 Å². The van der Waals surface area contributed by atoms with Crippen LogP contribution in [0.5, 0.6) is 0 Å². The Balaban J connectivity index is 2.06. The Hall–Kier alpha value is -1.60. The quantitative estimate of drug-likeness (QED) is 0.823. The maximum absolute atomic E-state index is 13.7. The number of hydrogen-bond donors (Lipinski definition) is 2. The molecule has 0 saturated carbocycles. The van der Waals surface area contributed by atoms with Gasteiger partial charge in [0.05, 0.1) is 17.3 Å². The number of nitrogens with one attached hydrogen (secondary N) is 2. The maximum Gasteiger partial charge on any atom is 0.147 e. The van der Waals surface area contributed by atoms with E-state index >= 15 is 0 Å². The Bertz CT molecular complexity index is 439. The molecule has 1 fully saturated rings. The van der Waals surface area contributed by atoms with Gasteiger partial charge in [0.15, 0.2) is 0 Å². The van der Waals surface area contributed by atoms with Gasteiger partial charge in [-0.2, -0.15) is 5.26 Å². The number of benzene rings is 1. The molecule has 1 saturated heterocycles. The molecule has 0 aliphatic carbocycles. The van der Waals surface area contributed by atoms with Crippen molar-refractivity contribution in [2.24, 2.45) is 0 Å². The fourth-order valence-electron chi connectivity index (χ4n) is 2.18. The number of halogens is 1. The molecule has 1 heterocycles. The lowest BCUT2D eigenvalue weighted by molar-refractivity contribution is 0.395. The highest BCUT2D eigenvalue weighted by atomic mass is 19.1. The number of anilines is 1. The second-order valence-corrected chi connectivity index (χ2v) is 4.53. The van der Waals surface area contributed by atoms with Crippen molar-refractivity contribution in [3.63, 3.8) is 0 Å². The third kappa shape index (κ3) is 2.95. The molecule has 0 amide bonds. The van der Waals surface area contributed by atoms with Crippen LogP contribution in [0.25, 0.3) is 0 Å². The van der Waals surface area contributed by atoms with Crippen LogP contribution in [0.2, 0.25) is 0 Å². The van der Waals surface area contributed by atoms with Crippen molar-refractivity contribution >= 4 is 5.69 Å². The highest BCUT2D eigenvalue weighted by Gasteiger charge is 2.18. The summed E-state index contributed by atoms with van der Waals surface area (Å²) in [4.78, 5) is 0. The maximum atomic E-state index is 13.7. The van der Waals surface area contributed by atoms with E-state index in [2.05, 4.69) is 17.6 Å². The van der Waals surface area contributed by atoms with E-state index in [0.29, 0.717) is 23.3 Å². The fraction of sp³-hybridized carbons (Fsp3) is 0.462. The molecule has 1 aromatic carbocycles. The molecule has 1 aliphatic rings. The second-order valence-electron chi connectivity index (χ2n) is 4.53. The molecule has 2 atom stereocenters. The van der Waals surface area contributed by atoms with E-state index in [1.807, 2.05) is 6.07 Å². The summed E-state index contributed by atoms with van der Waals surface area (Å²) in [6.07, 6.45) is 1.98. The Morgan fingerprint density at radius 1 is 1.53 bits per heavy atom. The van der Waals surface area contributed by atoms with Crippen molar-refractivity contribution in [3.05, 3.63) is 29.6 Å². The molecule has 0 bridgehead atoms. The summed E-state index contributed by atoms with van der Waals surface area (Å²) < 4.78 is 13.7. The number of nitrogens with zero attached hydrogens (tertiary/aromatic N) is 1. The topological polar surface area (TPSA) is 47.9 Å². The predicted octanol–water partition coefficient (Wildman–Crippen LogP) is 2.25. The van der Waals surface area contributed by atoms with Gasteiger partial charge in [-0.1, -0.05) is 0 Å². The zero-order valence-corrected chi connectivity index (χ0v) is 9.83. The molecule has 0 radical (unpaired) electrons. The van der Waals surface area contributed by atoms with Crippen LogP contribution in [-0.2, 0) is 0 Å². The van der Waals surface area contributed by atoms with Gasteiger partial charge in [-0.05, 0) is 44.5 Å². The predicted molar refractivity (Wildman–Crippen MR) is 65.2 cm³/mol. The molecular formula is C13H16FN3. The molecule has 1 aliphatic heterocycles. The van der Waals surface area contributed by atoms with E-state index in [1.54, 1.807) is 12.1 Å². The zero-order valence-electron chi connectivity index (χ0n) is 9.83. The highest BCUT2D eigenvalue weighted by Crippen LogP contribution is 2.20. The van der Waals surface area contributed by atoms with Crippen LogP contribution in [0.1, 0.15) is 25.3 Å². The molecule has 3 nitrogen and oxygen atoms in total. The zero-order chi connectivity index (χ0) is 12.3. The lowest BCUT2D eigenvalue weighted by Gasteiger charge is -2.29. The van der Waals surface area contributed by atoms with Crippen molar-refractivity contribution in [2.45, 2.75) is 31.8 Å². The van der Waals surface area contributed by atoms with Crippen molar-refractivity contribution < 1.29 is 4.39 Å². The van der Waals surface area contributed by atoms with Gasteiger partial charge in [0.25, 0.3) is 0 Å². The number of hydrogen-bond acceptors (Lipinski definition) is 3. The van der Waals surface area contributed by atoms with Gasteiger partial charge in [-0.3, -0.25) is 0 Å². The largest absolute Gasteiger partial charge is 0.380 e. The summed E-state index contributed by atoms with van der Waals surface area (Å²) in [5.41, 5.74) is 0.842. The van der Waals surface area contributed by atoms with Gasteiger partial charge >= 0.3 is 0 Å². The number of piperidine rings is 1. The van der Waals surface area contributed by atoms with Crippen molar-refractivity contribution in [2.75, 3.05) is 11.9 Å². The SMILES string of the molecule is CC1CC(Nc2ccc(C#N)cc2F)CCN1. The Labute approximate surface area is 101 Å². The van der Waals surface area contributed by atoms with Gasteiger partial charge < -0.3 is 10.6 Å². The van der Waals surface area contributed by atoms with Crippen LogP contribution in [-0.4, -0.2) is 18.6 Å². The average Bonchev–Trinajstić information content (AvgIpc) is 2.32. The first-order chi connectivity index (χ1) is 8.19. The molecule has 17 heavy (non-hydrogen) atoms. The number of rotatable bonds is 2. The third-order valence-electron chi connectivity index (χ3n) is 3.08. The minimum Gasteiger partial charge on any atom is -0.380 e. The van der Waals surface area contributed by atoms with Gasteiger partial charge in [0, 0.05) is 12.1 Å². The Kier molecular flexibility index (Phi) is 3.60. The minimum atomic E-state index is -0.352. The first-order valence-electron chi connectivity index (χ1n) is 5.88. The lowest BCUT2D eigenvalue weighted by Crippen LogP contribution is -2.41. The lowest BCUT2D eigenvalue weighted by atomic mass is 10.0. The molecule has 2 N–H and O–H groups in total. The summed E-state index contributed by atoms with van der Waals surface area (Å²) >= 11 is 0. The highest BCUT2D eigenvalue weighted by molar-refractivity contribution is 5.49. The van der Waals surface area contributed by atoms with E-state index < -0.39 is 0 Å². The molecule has 2 unspecified atom stereocenters.